The van der Waals surface area contributed by atoms with Gasteiger partial charge in [0.2, 0.25) is 0 Å². The molecule has 3 rings (SSSR count). The van der Waals surface area contributed by atoms with Crippen molar-refractivity contribution in [1.29, 1.82) is 0 Å². The monoisotopic (exact) mass is 231 g/mol. The van der Waals surface area contributed by atoms with Gasteiger partial charge in [0.25, 0.3) is 0 Å². The van der Waals surface area contributed by atoms with E-state index in [0.717, 1.165) is 35.5 Å². The lowest BCUT2D eigenvalue weighted by molar-refractivity contribution is 0.280. The van der Waals surface area contributed by atoms with Crippen molar-refractivity contribution in [2.24, 2.45) is 0 Å². The Morgan fingerprint density at radius 3 is 2.94 bits per heavy atom. The van der Waals surface area contributed by atoms with E-state index in [1.54, 1.807) is 0 Å². The van der Waals surface area contributed by atoms with Crippen LogP contribution in [0, 0.1) is 0 Å². The van der Waals surface area contributed by atoms with E-state index in [9.17, 15) is 0 Å². The summed E-state index contributed by atoms with van der Waals surface area (Å²) in [6.45, 7) is 1.04. The normalized spacial score (nSPS) is 15.6. The number of fused-ring (bicyclic) bond motifs is 1. The first-order valence-corrected chi connectivity index (χ1v) is 6.16. The van der Waals surface area contributed by atoms with Gasteiger partial charge in [0, 0.05) is 19.1 Å². The number of aliphatic hydroxyl groups excluding tert-OH is 1. The lowest BCUT2D eigenvalue weighted by Crippen LogP contribution is -2.04. The highest BCUT2D eigenvalue weighted by Gasteiger charge is 2.29. The van der Waals surface area contributed by atoms with Crippen molar-refractivity contribution in [3.05, 3.63) is 24.0 Å². The Kier molecular flexibility index (Phi) is 2.52. The quantitative estimate of drug-likeness (QED) is 0.790. The van der Waals surface area contributed by atoms with E-state index in [-0.39, 0.29) is 6.61 Å². The summed E-state index contributed by atoms with van der Waals surface area (Å²) in [4.78, 5) is 4.68. The van der Waals surface area contributed by atoms with Crippen molar-refractivity contribution >= 4 is 16.7 Å². The summed E-state index contributed by atoms with van der Waals surface area (Å²) in [5, 5.41) is 8.98. The fraction of sp³-hybridized carbons (Fsp3) is 0.462. The summed E-state index contributed by atoms with van der Waals surface area (Å²) < 4.78 is 2.22. The Hall–Kier alpha value is -1.55. The SMILES string of the molecule is Nc1cccc2c1nc(C1CC1)n2CCCO. The molecule has 1 heterocycles. The number of rotatable bonds is 4. The zero-order chi connectivity index (χ0) is 11.8. The molecule has 0 unspecified atom stereocenters. The molecule has 0 atom stereocenters. The van der Waals surface area contributed by atoms with Crippen LogP contribution in [-0.2, 0) is 6.54 Å². The maximum absolute atomic E-state index is 8.98. The molecule has 1 aliphatic rings. The third kappa shape index (κ3) is 1.78. The number of aliphatic hydroxyl groups is 1. The molecule has 1 aromatic carbocycles. The molecule has 1 saturated carbocycles. The molecule has 90 valence electrons. The van der Waals surface area contributed by atoms with Crippen LogP contribution in [-0.4, -0.2) is 21.3 Å². The lowest BCUT2D eigenvalue weighted by atomic mass is 10.2. The maximum Gasteiger partial charge on any atom is 0.113 e. The smallest absolute Gasteiger partial charge is 0.113 e. The lowest BCUT2D eigenvalue weighted by Gasteiger charge is -2.07. The Morgan fingerprint density at radius 1 is 1.41 bits per heavy atom. The highest BCUT2D eigenvalue weighted by Crippen LogP contribution is 2.41. The van der Waals surface area contributed by atoms with Gasteiger partial charge in [-0.15, -0.1) is 0 Å². The number of imidazole rings is 1. The van der Waals surface area contributed by atoms with Gasteiger partial charge in [0.1, 0.15) is 11.3 Å². The van der Waals surface area contributed by atoms with Gasteiger partial charge in [-0.3, -0.25) is 0 Å². The second-order valence-corrected chi connectivity index (χ2v) is 4.69. The van der Waals surface area contributed by atoms with Crippen LogP contribution in [0.5, 0.6) is 0 Å². The number of nitrogens with two attached hydrogens (primary N) is 1. The summed E-state index contributed by atoms with van der Waals surface area (Å²) in [6, 6.07) is 5.91. The van der Waals surface area contributed by atoms with Crippen molar-refractivity contribution in [2.75, 3.05) is 12.3 Å². The molecule has 3 N–H and O–H groups in total. The van der Waals surface area contributed by atoms with Crippen molar-refractivity contribution in [3.8, 4) is 0 Å². The molecule has 0 spiro atoms. The highest BCUT2D eigenvalue weighted by molar-refractivity contribution is 5.87. The first kappa shape index (κ1) is 10.6. The van der Waals surface area contributed by atoms with E-state index in [4.69, 9.17) is 10.8 Å². The Balaban J connectivity index is 2.13. The predicted molar refractivity (Wildman–Crippen MR) is 67.8 cm³/mol. The average Bonchev–Trinajstić information content (AvgIpc) is 3.10. The molecule has 1 aliphatic carbocycles. The number of aryl methyl sites for hydroxylation is 1. The van der Waals surface area contributed by atoms with E-state index in [1.165, 1.54) is 12.8 Å². The number of anilines is 1. The summed E-state index contributed by atoms with van der Waals surface area (Å²) in [5.74, 6) is 1.74. The number of hydrogen-bond acceptors (Lipinski definition) is 3. The largest absolute Gasteiger partial charge is 0.397 e. The van der Waals surface area contributed by atoms with Gasteiger partial charge in [-0.1, -0.05) is 6.07 Å². The third-order valence-electron chi connectivity index (χ3n) is 3.32. The van der Waals surface area contributed by atoms with Crippen LogP contribution in [0.2, 0.25) is 0 Å². The topological polar surface area (TPSA) is 64.1 Å². The van der Waals surface area contributed by atoms with E-state index in [2.05, 4.69) is 15.6 Å². The number of aromatic nitrogens is 2. The minimum Gasteiger partial charge on any atom is -0.397 e. The average molecular weight is 231 g/mol. The molecule has 4 heteroatoms. The predicted octanol–water partition coefficient (Wildman–Crippen LogP) is 1.88. The minimum atomic E-state index is 0.214. The van der Waals surface area contributed by atoms with Crippen LogP contribution < -0.4 is 5.73 Å². The summed E-state index contributed by atoms with van der Waals surface area (Å²) >= 11 is 0. The van der Waals surface area contributed by atoms with Crippen molar-refractivity contribution in [2.45, 2.75) is 31.7 Å². The molecule has 1 fully saturated rings. The van der Waals surface area contributed by atoms with Crippen LogP contribution in [0.15, 0.2) is 18.2 Å². The summed E-state index contributed by atoms with van der Waals surface area (Å²) in [6.07, 6.45) is 3.21. The van der Waals surface area contributed by atoms with Crippen molar-refractivity contribution < 1.29 is 5.11 Å². The van der Waals surface area contributed by atoms with Gasteiger partial charge in [-0.05, 0) is 31.4 Å². The number of para-hydroxylation sites is 1. The number of benzene rings is 1. The Morgan fingerprint density at radius 2 is 2.24 bits per heavy atom. The van der Waals surface area contributed by atoms with Crippen LogP contribution in [0.4, 0.5) is 5.69 Å². The second kappa shape index (κ2) is 4.04. The zero-order valence-corrected chi connectivity index (χ0v) is 9.76. The molecule has 0 saturated heterocycles. The third-order valence-corrected chi connectivity index (χ3v) is 3.32. The van der Waals surface area contributed by atoms with Gasteiger partial charge < -0.3 is 15.4 Å². The molecule has 1 aromatic heterocycles. The first-order chi connectivity index (χ1) is 8.31. The molecular formula is C13H17N3O. The number of hydrogen-bond donors (Lipinski definition) is 2. The van der Waals surface area contributed by atoms with Crippen molar-refractivity contribution in [3.63, 3.8) is 0 Å². The van der Waals surface area contributed by atoms with Crippen molar-refractivity contribution in [1.82, 2.24) is 9.55 Å². The summed E-state index contributed by atoms with van der Waals surface area (Å²) in [7, 11) is 0. The molecular weight excluding hydrogens is 214 g/mol. The van der Waals surface area contributed by atoms with Gasteiger partial charge in [0.05, 0.1) is 11.2 Å². The zero-order valence-electron chi connectivity index (χ0n) is 9.76. The van der Waals surface area contributed by atoms with E-state index >= 15 is 0 Å². The van der Waals surface area contributed by atoms with Gasteiger partial charge in [-0.2, -0.15) is 0 Å². The van der Waals surface area contributed by atoms with Crippen LogP contribution in [0.3, 0.4) is 0 Å². The minimum absolute atomic E-state index is 0.214. The molecule has 17 heavy (non-hydrogen) atoms. The molecule has 2 aromatic rings. The maximum atomic E-state index is 8.98. The van der Waals surface area contributed by atoms with Crippen LogP contribution >= 0.6 is 0 Å². The first-order valence-electron chi connectivity index (χ1n) is 6.16. The fourth-order valence-corrected chi connectivity index (χ4v) is 2.30. The van der Waals surface area contributed by atoms with Gasteiger partial charge in [-0.25, -0.2) is 4.98 Å². The molecule has 0 amide bonds. The molecule has 0 bridgehead atoms. The molecule has 0 aliphatic heterocycles. The fourth-order valence-electron chi connectivity index (χ4n) is 2.30. The van der Waals surface area contributed by atoms with Crippen LogP contribution in [0.1, 0.15) is 31.0 Å². The van der Waals surface area contributed by atoms with E-state index < -0.39 is 0 Å². The Labute approximate surface area is 100 Å². The Bertz CT molecular complexity index is 543. The standard InChI is InChI=1S/C13H17N3O/c14-10-3-1-4-11-12(10)15-13(9-5-6-9)16(11)7-2-8-17/h1,3-4,9,17H,2,5-8,14H2. The van der Waals surface area contributed by atoms with E-state index in [1.807, 2.05) is 12.1 Å². The van der Waals surface area contributed by atoms with Gasteiger partial charge in [0.15, 0.2) is 0 Å². The molecule has 4 nitrogen and oxygen atoms in total. The van der Waals surface area contributed by atoms with E-state index in [0.29, 0.717) is 5.92 Å². The van der Waals surface area contributed by atoms with Gasteiger partial charge >= 0.3 is 0 Å². The summed E-state index contributed by atoms with van der Waals surface area (Å²) in [5.41, 5.74) is 8.71. The highest BCUT2D eigenvalue weighted by atomic mass is 16.3. The molecule has 0 radical (unpaired) electrons. The number of nitrogens with zero attached hydrogens (tertiary/aromatic N) is 2. The number of nitrogen functional groups attached to an aromatic ring is 1. The second-order valence-electron chi connectivity index (χ2n) is 4.69. The van der Waals surface area contributed by atoms with Crippen LogP contribution in [0.25, 0.3) is 11.0 Å².